The number of nitrogens with one attached hydrogen (secondary N) is 1. The standard InChI is InChI=1S/C14H18Cl3NO/c1-14(2,3)12(6-7-15)18-13(19)9-4-5-10(16)11(17)8-9/h4-5,8,12H,6-7H2,1-3H3,(H,18,19). The number of carbonyl (C=O) groups excluding carboxylic acids is 1. The molecule has 0 radical (unpaired) electrons. The van der Waals surface area contributed by atoms with E-state index in [4.69, 9.17) is 34.8 Å². The molecule has 0 fully saturated rings. The number of alkyl halides is 1. The van der Waals surface area contributed by atoms with Crippen molar-refractivity contribution in [2.45, 2.75) is 33.2 Å². The van der Waals surface area contributed by atoms with E-state index < -0.39 is 0 Å². The Morgan fingerprint density at radius 2 is 1.89 bits per heavy atom. The highest BCUT2D eigenvalue weighted by Crippen LogP contribution is 2.25. The van der Waals surface area contributed by atoms with Gasteiger partial charge in [0.1, 0.15) is 0 Å². The molecule has 1 amide bonds. The van der Waals surface area contributed by atoms with Gasteiger partial charge in [0.2, 0.25) is 0 Å². The molecule has 0 aliphatic carbocycles. The van der Waals surface area contributed by atoms with Gasteiger partial charge in [-0.3, -0.25) is 4.79 Å². The molecule has 5 heteroatoms. The van der Waals surface area contributed by atoms with Gasteiger partial charge in [-0.05, 0) is 30.0 Å². The Hall–Kier alpha value is -0.440. The number of hydrogen-bond acceptors (Lipinski definition) is 1. The molecule has 2 nitrogen and oxygen atoms in total. The lowest BCUT2D eigenvalue weighted by molar-refractivity contribution is 0.0900. The van der Waals surface area contributed by atoms with Crippen LogP contribution in [0.2, 0.25) is 10.0 Å². The van der Waals surface area contributed by atoms with Crippen molar-refractivity contribution < 1.29 is 4.79 Å². The first kappa shape index (κ1) is 16.6. The van der Waals surface area contributed by atoms with Gasteiger partial charge in [0.25, 0.3) is 5.91 Å². The number of carbonyl (C=O) groups is 1. The van der Waals surface area contributed by atoms with Gasteiger partial charge in [-0.1, -0.05) is 44.0 Å². The lowest BCUT2D eigenvalue weighted by Crippen LogP contribution is -2.44. The largest absolute Gasteiger partial charge is 0.349 e. The Bertz CT molecular complexity index is 454. The highest BCUT2D eigenvalue weighted by Gasteiger charge is 2.26. The number of rotatable bonds is 4. The Morgan fingerprint density at radius 3 is 2.37 bits per heavy atom. The topological polar surface area (TPSA) is 29.1 Å². The maximum Gasteiger partial charge on any atom is 0.251 e. The number of hydrogen-bond donors (Lipinski definition) is 1. The molecule has 19 heavy (non-hydrogen) atoms. The minimum Gasteiger partial charge on any atom is -0.349 e. The molecule has 0 saturated carbocycles. The van der Waals surface area contributed by atoms with E-state index in [0.717, 1.165) is 6.42 Å². The van der Waals surface area contributed by atoms with Crippen molar-refractivity contribution in [1.29, 1.82) is 0 Å². The summed E-state index contributed by atoms with van der Waals surface area (Å²) in [5.41, 5.74) is 0.444. The molecule has 0 aromatic heterocycles. The third-order valence-corrected chi connectivity index (χ3v) is 3.89. The lowest BCUT2D eigenvalue weighted by Gasteiger charge is -2.31. The normalized spacial score (nSPS) is 13.2. The van der Waals surface area contributed by atoms with Crippen LogP contribution < -0.4 is 5.32 Å². The van der Waals surface area contributed by atoms with Crippen LogP contribution in [-0.4, -0.2) is 17.8 Å². The second-order valence-electron chi connectivity index (χ2n) is 5.50. The second-order valence-corrected chi connectivity index (χ2v) is 6.69. The van der Waals surface area contributed by atoms with E-state index in [1.54, 1.807) is 18.2 Å². The van der Waals surface area contributed by atoms with E-state index in [1.807, 2.05) is 0 Å². The van der Waals surface area contributed by atoms with Gasteiger partial charge in [-0.2, -0.15) is 0 Å². The molecule has 0 aliphatic heterocycles. The summed E-state index contributed by atoms with van der Waals surface area (Å²) < 4.78 is 0. The quantitative estimate of drug-likeness (QED) is 0.795. The zero-order chi connectivity index (χ0) is 14.6. The minimum atomic E-state index is -0.163. The van der Waals surface area contributed by atoms with Crippen molar-refractivity contribution in [3.05, 3.63) is 33.8 Å². The monoisotopic (exact) mass is 321 g/mol. The van der Waals surface area contributed by atoms with Gasteiger partial charge in [0.05, 0.1) is 10.0 Å². The van der Waals surface area contributed by atoms with Crippen LogP contribution in [0, 0.1) is 5.41 Å². The Labute approximate surface area is 129 Å². The Morgan fingerprint density at radius 1 is 1.26 bits per heavy atom. The van der Waals surface area contributed by atoms with Crippen molar-refractivity contribution in [2.75, 3.05) is 5.88 Å². The molecular weight excluding hydrogens is 305 g/mol. The lowest BCUT2D eigenvalue weighted by atomic mass is 9.85. The number of amides is 1. The third kappa shape index (κ3) is 4.87. The predicted octanol–water partition coefficient (Wildman–Crippen LogP) is 4.77. The molecular formula is C14H18Cl3NO. The van der Waals surface area contributed by atoms with Crippen molar-refractivity contribution >= 4 is 40.7 Å². The fraction of sp³-hybridized carbons (Fsp3) is 0.500. The van der Waals surface area contributed by atoms with Crippen molar-refractivity contribution in [3.8, 4) is 0 Å². The zero-order valence-electron chi connectivity index (χ0n) is 11.3. The molecule has 1 unspecified atom stereocenters. The summed E-state index contributed by atoms with van der Waals surface area (Å²) in [6.45, 7) is 6.21. The van der Waals surface area contributed by atoms with Crippen molar-refractivity contribution in [3.63, 3.8) is 0 Å². The summed E-state index contributed by atoms with van der Waals surface area (Å²) in [4.78, 5) is 12.2. The summed E-state index contributed by atoms with van der Waals surface area (Å²) in [6, 6.07) is 4.85. The van der Waals surface area contributed by atoms with E-state index in [1.165, 1.54) is 0 Å². The van der Waals surface area contributed by atoms with Gasteiger partial charge < -0.3 is 5.32 Å². The predicted molar refractivity (Wildman–Crippen MR) is 82.5 cm³/mol. The Kier molecular flexibility index (Phi) is 5.97. The van der Waals surface area contributed by atoms with Crippen LogP contribution >= 0.6 is 34.8 Å². The molecule has 1 rings (SSSR count). The maximum absolute atomic E-state index is 12.2. The molecule has 1 aromatic carbocycles. The van der Waals surface area contributed by atoms with E-state index >= 15 is 0 Å². The van der Waals surface area contributed by atoms with E-state index in [9.17, 15) is 4.79 Å². The van der Waals surface area contributed by atoms with E-state index in [0.29, 0.717) is 21.5 Å². The molecule has 0 spiro atoms. The van der Waals surface area contributed by atoms with Crippen LogP contribution in [0.15, 0.2) is 18.2 Å². The fourth-order valence-corrected chi connectivity index (χ4v) is 2.23. The highest BCUT2D eigenvalue weighted by molar-refractivity contribution is 6.42. The van der Waals surface area contributed by atoms with Gasteiger partial charge in [-0.25, -0.2) is 0 Å². The van der Waals surface area contributed by atoms with E-state index in [2.05, 4.69) is 26.1 Å². The van der Waals surface area contributed by atoms with Crippen molar-refractivity contribution in [2.24, 2.45) is 5.41 Å². The Balaban J connectivity index is 2.84. The summed E-state index contributed by atoms with van der Waals surface area (Å²) in [5.74, 6) is 0.340. The first-order chi connectivity index (χ1) is 8.75. The molecule has 0 aliphatic rings. The average Bonchev–Trinajstić information content (AvgIpc) is 2.30. The number of halogens is 3. The molecule has 1 aromatic rings. The van der Waals surface area contributed by atoms with Crippen molar-refractivity contribution in [1.82, 2.24) is 5.32 Å². The summed E-state index contributed by atoms with van der Waals surface area (Å²) in [6.07, 6.45) is 0.720. The molecule has 0 saturated heterocycles. The second kappa shape index (κ2) is 6.83. The van der Waals surface area contributed by atoms with Crippen LogP contribution in [0.3, 0.4) is 0 Å². The first-order valence-electron chi connectivity index (χ1n) is 6.07. The molecule has 106 valence electrons. The fourth-order valence-electron chi connectivity index (χ4n) is 1.71. The van der Waals surface area contributed by atoms with Crippen LogP contribution in [-0.2, 0) is 0 Å². The number of benzene rings is 1. The minimum absolute atomic E-state index is 0.00644. The van der Waals surface area contributed by atoms with E-state index in [-0.39, 0.29) is 17.4 Å². The highest BCUT2D eigenvalue weighted by atomic mass is 35.5. The average molecular weight is 323 g/mol. The van der Waals surface area contributed by atoms with Crippen LogP contribution in [0.25, 0.3) is 0 Å². The first-order valence-corrected chi connectivity index (χ1v) is 7.36. The molecule has 1 atom stereocenters. The zero-order valence-corrected chi connectivity index (χ0v) is 13.5. The molecule has 0 heterocycles. The smallest absolute Gasteiger partial charge is 0.251 e. The van der Waals surface area contributed by atoms with Crippen LogP contribution in [0.5, 0.6) is 0 Å². The third-order valence-electron chi connectivity index (χ3n) is 2.93. The van der Waals surface area contributed by atoms with Gasteiger partial charge in [0.15, 0.2) is 0 Å². The SMILES string of the molecule is CC(C)(C)C(CCCl)NC(=O)c1ccc(Cl)c(Cl)c1. The summed E-state index contributed by atoms with van der Waals surface area (Å²) in [5, 5.41) is 3.81. The van der Waals surface area contributed by atoms with Crippen LogP contribution in [0.4, 0.5) is 0 Å². The van der Waals surface area contributed by atoms with Gasteiger partial charge >= 0.3 is 0 Å². The summed E-state index contributed by atoms with van der Waals surface area (Å²) >= 11 is 17.5. The maximum atomic E-state index is 12.2. The van der Waals surface area contributed by atoms with Crippen LogP contribution in [0.1, 0.15) is 37.6 Å². The van der Waals surface area contributed by atoms with Gasteiger partial charge in [0, 0.05) is 17.5 Å². The molecule has 1 N–H and O–H groups in total. The van der Waals surface area contributed by atoms with Gasteiger partial charge in [-0.15, -0.1) is 11.6 Å². The summed E-state index contributed by atoms with van der Waals surface area (Å²) in [7, 11) is 0. The molecule has 0 bridgehead atoms.